The predicted molar refractivity (Wildman–Crippen MR) is 111 cm³/mol. The predicted octanol–water partition coefficient (Wildman–Crippen LogP) is 7.42. The molecular formula is C23H38O. The van der Waals surface area contributed by atoms with Crippen molar-refractivity contribution in [2.24, 2.45) is 0 Å². The maximum Gasteiger partial charge on any atom is 0.116 e. The number of benzene rings is 2. The summed E-state index contributed by atoms with van der Waals surface area (Å²) in [6, 6.07) is 16.3. The van der Waals surface area contributed by atoms with Crippen LogP contribution in [0.4, 0.5) is 0 Å². The summed E-state index contributed by atoms with van der Waals surface area (Å²) in [6.07, 6.45) is 0.709. The highest BCUT2D eigenvalue weighted by Gasteiger charge is 2.39. The van der Waals surface area contributed by atoms with Crippen LogP contribution in [0.15, 0.2) is 48.5 Å². The van der Waals surface area contributed by atoms with Crippen LogP contribution in [-0.2, 0) is 5.60 Å². The van der Waals surface area contributed by atoms with E-state index in [0.29, 0.717) is 6.42 Å². The monoisotopic (exact) mass is 330 g/mol. The molecule has 0 amide bonds. The van der Waals surface area contributed by atoms with E-state index in [1.807, 2.05) is 98.7 Å². The van der Waals surface area contributed by atoms with Crippen LogP contribution in [0.25, 0.3) is 11.1 Å². The third-order valence-electron chi connectivity index (χ3n) is 3.55. The van der Waals surface area contributed by atoms with E-state index in [1.165, 1.54) is 11.1 Å². The van der Waals surface area contributed by atoms with Gasteiger partial charge in [-0.1, -0.05) is 111 Å². The van der Waals surface area contributed by atoms with Crippen molar-refractivity contribution >= 4 is 0 Å². The lowest BCUT2D eigenvalue weighted by Gasteiger charge is -2.23. The molecule has 0 bridgehead atoms. The maximum atomic E-state index is 10.8. The van der Waals surface area contributed by atoms with Crippen molar-refractivity contribution in [2.45, 2.75) is 74.3 Å². The molecule has 0 saturated carbocycles. The SMILES string of the molecule is CC.CC.CC.CC.CCC1(O)c2ccccc2-c2ccccc21. The van der Waals surface area contributed by atoms with E-state index in [2.05, 4.69) is 12.1 Å². The zero-order valence-electron chi connectivity index (χ0n) is 17.3. The Morgan fingerprint density at radius 3 is 1.21 bits per heavy atom. The summed E-state index contributed by atoms with van der Waals surface area (Å²) >= 11 is 0. The Morgan fingerprint density at radius 2 is 0.917 bits per heavy atom. The second-order valence-corrected chi connectivity index (χ2v) is 4.30. The fourth-order valence-electron chi connectivity index (χ4n) is 2.68. The Labute approximate surface area is 150 Å². The van der Waals surface area contributed by atoms with Gasteiger partial charge in [-0.25, -0.2) is 0 Å². The van der Waals surface area contributed by atoms with Crippen LogP contribution >= 0.6 is 0 Å². The molecule has 0 unspecified atom stereocenters. The lowest BCUT2D eigenvalue weighted by Crippen LogP contribution is -2.22. The highest BCUT2D eigenvalue weighted by atomic mass is 16.3. The van der Waals surface area contributed by atoms with Gasteiger partial charge in [0.05, 0.1) is 0 Å². The molecule has 2 aromatic carbocycles. The van der Waals surface area contributed by atoms with Crippen molar-refractivity contribution in [3.05, 3.63) is 59.7 Å². The minimum atomic E-state index is -0.798. The largest absolute Gasteiger partial charge is 0.380 e. The molecule has 136 valence electrons. The van der Waals surface area contributed by atoms with E-state index in [0.717, 1.165) is 11.1 Å². The Balaban J connectivity index is 0. The van der Waals surface area contributed by atoms with E-state index in [1.54, 1.807) is 0 Å². The molecule has 0 atom stereocenters. The molecule has 24 heavy (non-hydrogen) atoms. The second-order valence-electron chi connectivity index (χ2n) is 4.30. The molecule has 1 heteroatoms. The molecule has 0 aliphatic heterocycles. The third kappa shape index (κ3) is 4.95. The summed E-state index contributed by atoms with van der Waals surface area (Å²) in [5.74, 6) is 0. The van der Waals surface area contributed by atoms with E-state index in [4.69, 9.17) is 0 Å². The molecule has 0 heterocycles. The Morgan fingerprint density at radius 1 is 0.625 bits per heavy atom. The van der Waals surface area contributed by atoms with Gasteiger partial charge in [0.25, 0.3) is 0 Å². The van der Waals surface area contributed by atoms with Gasteiger partial charge in [-0.2, -0.15) is 0 Å². The molecule has 0 radical (unpaired) electrons. The summed E-state index contributed by atoms with van der Waals surface area (Å²) in [7, 11) is 0. The first-order valence-electron chi connectivity index (χ1n) is 9.69. The molecule has 0 spiro atoms. The normalized spacial score (nSPS) is 11.4. The first-order valence-corrected chi connectivity index (χ1v) is 9.69. The first kappa shape index (κ1) is 24.6. The molecule has 0 saturated heterocycles. The van der Waals surface area contributed by atoms with Gasteiger partial charge in [-0.05, 0) is 28.7 Å². The number of fused-ring (bicyclic) bond motifs is 3. The zero-order chi connectivity index (χ0) is 19.2. The molecule has 3 rings (SSSR count). The van der Waals surface area contributed by atoms with Crippen LogP contribution in [0, 0.1) is 0 Å². The van der Waals surface area contributed by atoms with Crippen LogP contribution < -0.4 is 0 Å². The van der Waals surface area contributed by atoms with Gasteiger partial charge in [-0.15, -0.1) is 0 Å². The lowest BCUT2D eigenvalue weighted by molar-refractivity contribution is 0.0814. The summed E-state index contributed by atoms with van der Waals surface area (Å²) in [5, 5.41) is 10.8. The highest BCUT2D eigenvalue weighted by molar-refractivity contribution is 5.79. The van der Waals surface area contributed by atoms with Crippen LogP contribution in [0.3, 0.4) is 0 Å². The summed E-state index contributed by atoms with van der Waals surface area (Å²) in [4.78, 5) is 0. The molecule has 1 nitrogen and oxygen atoms in total. The van der Waals surface area contributed by atoms with Gasteiger partial charge < -0.3 is 5.11 Å². The molecule has 2 aromatic rings. The minimum absolute atomic E-state index is 0.709. The molecule has 0 aromatic heterocycles. The van der Waals surface area contributed by atoms with Gasteiger partial charge in [0.2, 0.25) is 0 Å². The number of hydrogen-bond donors (Lipinski definition) is 1. The summed E-state index contributed by atoms with van der Waals surface area (Å²) in [5.41, 5.74) is 3.62. The maximum absolute atomic E-state index is 10.8. The Bertz CT molecular complexity index is 498. The molecular weight excluding hydrogens is 292 g/mol. The quantitative estimate of drug-likeness (QED) is 0.577. The average molecular weight is 331 g/mol. The van der Waals surface area contributed by atoms with E-state index in [-0.39, 0.29) is 0 Å². The van der Waals surface area contributed by atoms with Crippen molar-refractivity contribution in [3.8, 4) is 11.1 Å². The molecule has 1 aliphatic carbocycles. The summed E-state index contributed by atoms with van der Waals surface area (Å²) < 4.78 is 0. The van der Waals surface area contributed by atoms with Crippen LogP contribution in [0.2, 0.25) is 0 Å². The Kier molecular flexibility index (Phi) is 14.2. The van der Waals surface area contributed by atoms with Gasteiger partial charge in [0.15, 0.2) is 0 Å². The fraction of sp³-hybridized carbons (Fsp3) is 0.478. The first-order chi connectivity index (χ1) is 11.8. The lowest BCUT2D eigenvalue weighted by atomic mass is 9.89. The average Bonchev–Trinajstić information content (AvgIpc) is 2.98. The van der Waals surface area contributed by atoms with Crippen molar-refractivity contribution in [1.82, 2.24) is 0 Å². The Hall–Kier alpha value is -1.60. The van der Waals surface area contributed by atoms with Crippen molar-refractivity contribution < 1.29 is 5.11 Å². The standard InChI is InChI=1S/C15H14O.4C2H6/c1-2-15(16)13-9-5-3-7-11(13)12-8-4-6-10-14(12)15;4*1-2/h3-10,16H,2H2,1H3;4*1-2H3. The highest BCUT2D eigenvalue weighted by Crippen LogP contribution is 2.48. The molecule has 1 N–H and O–H groups in total. The smallest absolute Gasteiger partial charge is 0.116 e. The van der Waals surface area contributed by atoms with Crippen LogP contribution in [0.5, 0.6) is 0 Å². The van der Waals surface area contributed by atoms with Gasteiger partial charge >= 0.3 is 0 Å². The van der Waals surface area contributed by atoms with E-state index < -0.39 is 5.60 Å². The minimum Gasteiger partial charge on any atom is -0.380 e. The molecule has 0 fully saturated rings. The topological polar surface area (TPSA) is 20.2 Å². The number of hydrogen-bond acceptors (Lipinski definition) is 1. The number of rotatable bonds is 1. The van der Waals surface area contributed by atoms with Crippen molar-refractivity contribution in [1.29, 1.82) is 0 Å². The molecule has 1 aliphatic rings. The van der Waals surface area contributed by atoms with Crippen LogP contribution in [0.1, 0.15) is 79.9 Å². The van der Waals surface area contributed by atoms with Gasteiger partial charge in [-0.3, -0.25) is 0 Å². The van der Waals surface area contributed by atoms with E-state index >= 15 is 0 Å². The fourth-order valence-corrected chi connectivity index (χ4v) is 2.68. The number of aliphatic hydroxyl groups is 1. The van der Waals surface area contributed by atoms with Gasteiger partial charge in [0.1, 0.15) is 5.60 Å². The zero-order valence-corrected chi connectivity index (χ0v) is 17.3. The second kappa shape index (κ2) is 13.8. The van der Waals surface area contributed by atoms with E-state index in [9.17, 15) is 5.11 Å². The summed E-state index contributed by atoms with van der Waals surface area (Å²) in [6.45, 7) is 18.0. The van der Waals surface area contributed by atoms with Crippen LogP contribution in [-0.4, -0.2) is 5.11 Å². The van der Waals surface area contributed by atoms with Crippen molar-refractivity contribution in [3.63, 3.8) is 0 Å². The van der Waals surface area contributed by atoms with Crippen molar-refractivity contribution in [2.75, 3.05) is 0 Å². The third-order valence-corrected chi connectivity index (χ3v) is 3.55. The van der Waals surface area contributed by atoms with Gasteiger partial charge in [0, 0.05) is 0 Å².